The molecule has 0 spiro atoms. The van der Waals surface area contributed by atoms with Gasteiger partial charge in [-0.1, -0.05) is 31.2 Å². The second kappa shape index (κ2) is 12.4. The van der Waals surface area contributed by atoms with E-state index in [1.807, 2.05) is 36.4 Å². The third-order valence-electron chi connectivity index (χ3n) is 8.55. The molecule has 4 aromatic carbocycles. The van der Waals surface area contributed by atoms with Gasteiger partial charge in [-0.15, -0.1) is 11.6 Å². The molecular weight excluding hydrogens is 632 g/mol. The van der Waals surface area contributed by atoms with E-state index in [1.165, 1.54) is 7.05 Å². The lowest BCUT2D eigenvalue weighted by atomic mass is 9.95. The molecule has 1 aliphatic heterocycles. The minimum absolute atomic E-state index is 0.0900. The van der Waals surface area contributed by atoms with E-state index in [0.29, 0.717) is 53.0 Å². The molecule has 5 N–H and O–H groups in total. The molecule has 0 saturated carbocycles. The van der Waals surface area contributed by atoms with Crippen LogP contribution in [0.25, 0.3) is 32.6 Å². The van der Waals surface area contributed by atoms with Gasteiger partial charge in [-0.05, 0) is 59.5 Å². The standard InChI is InChI=1S/C36H31ClN6O5/c1-3-32(44)39-22-8-10-26-19(12-22)14-28(41-26)34(45)40-23-9-11-27-20(13-23)15-29(42-27)35(46)43-18-21(17-37)33-25-7-5-4-6-24(25)31(16-30(33)43)48-36(47)38-2/h4-16,21,41-42H,3,17-18H2,1-2H3,(H,38,47)(H,39,44)(H,40,45). The molecule has 1 atom stereocenters. The molecule has 7 rings (SSSR count). The topological polar surface area (TPSA) is 148 Å². The average molecular weight is 663 g/mol. The van der Waals surface area contributed by atoms with Gasteiger partial charge in [0.15, 0.2) is 0 Å². The van der Waals surface area contributed by atoms with E-state index in [9.17, 15) is 19.2 Å². The maximum Gasteiger partial charge on any atom is 0.412 e. The van der Waals surface area contributed by atoms with Gasteiger partial charge >= 0.3 is 6.09 Å². The van der Waals surface area contributed by atoms with Gasteiger partial charge in [0.2, 0.25) is 5.91 Å². The quantitative estimate of drug-likeness (QED) is 0.116. The molecule has 12 heteroatoms. The molecule has 11 nitrogen and oxygen atoms in total. The SMILES string of the molecule is CCC(=O)Nc1ccc2[nH]c(C(=O)Nc3ccc4[nH]c(C(=O)N5CC(CCl)c6c5cc(OC(=O)NC)c5ccccc65)cc4c3)cc2c1. The Balaban J connectivity index is 1.15. The van der Waals surface area contributed by atoms with Crippen molar-refractivity contribution in [3.8, 4) is 5.75 Å². The number of benzene rings is 4. The molecule has 1 unspecified atom stereocenters. The number of nitrogens with one attached hydrogen (secondary N) is 5. The number of hydrogen-bond acceptors (Lipinski definition) is 5. The highest BCUT2D eigenvalue weighted by molar-refractivity contribution is 6.19. The Morgan fingerprint density at radius 1 is 0.854 bits per heavy atom. The van der Waals surface area contributed by atoms with Gasteiger partial charge in [0.25, 0.3) is 11.8 Å². The summed E-state index contributed by atoms with van der Waals surface area (Å²) in [7, 11) is 1.48. The Hall–Kier alpha value is -5.81. The number of aromatic amines is 2. The lowest BCUT2D eigenvalue weighted by Gasteiger charge is -2.18. The fourth-order valence-electron chi connectivity index (χ4n) is 6.22. The highest BCUT2D eigenvalue weighted by Crippen LogP contribution is 2.46. The van der Waals surface area contributed by atoms with Crippen molar-refractivity contribution >= 4 is 85.1 Å². The summed E-state index contributed by atoms with van der Waals surface area (Å²) in [5.41, 5.74) is 4.98. The van der Waals surface area contributed by atoms with Crippen LogP contribution in [-0.2, 0) is 4.79 Å². The monoisotopic (exact) mass is 662 g/mol. The van der Waals surface area contributed by atoms with Crippen LogP contribution in [0.3, 0.4) is 0 Å². The Morgan fingerprint density at radius 2 is 1.50 bits per heavy atom. The second-order valence-corrected chi connectivity index (χ2v) is 11.9. The number of anilines is 3. The molecule has 4 amide bonds. The fourth-order valence-corrected chi connectivity index (χ4v) is 6.47. The van der Waals surface area contributed by atoms with Gasteiger partial charge in [-0.2, -0.15) is 0 Å². The first-order valence-corrected chi connectivity index (χ1v) is 16.0. The molecule has 0 fully saturated rings. The largest absolute Gasteiger partial charge is 0.412 e. The Morgan fingerprint density at radius 3 is 2.17 bits per heavy atom. The van der Waals surface area contributed by atoms with Crippen molar-refractivity contribution < 1.29 is 23.9 Å². The second-order valence-electron chi connectivity index (χ2n) is 11.6. The minimum Gasteiger partial charge on any atom is -0.410 e. The van der Waals surface area contributed by atoms with Crippen LogP contribution in [0.1, 0.15) is 45.8 Å². The molecule has 2 aromatic heterocycles. The summed E-state index contributed by atoms with van der Waals surface area (Å²) in [4.78, 5) is 59.1. The number of ether oxygens (including phenoxy) is 1. The van der Waals surface area contributed by atoms with Gasteiger partial charge in [0.05, 0.1) is 5.69 Å². The number of carbonyl (C=O) groups excluding carboxylic acids is 4. The first-order chi connectivity index (χ1) is 23.3. The molecule has 242 valence electrons. The zero-order valence-corrected chi connectivity index (χ0v) is 26.8. The zero-order chi connectivity index (χ0) is 33.5. The van der Waals surface area contributed by atoms with E-state index in [0.717, 1.165) is 38.1 Å². The molecule has 3 heterocycles. The smallest absolute Gasteiger partial charge is 0.410 e. The number of fused-ring (bicyclic) bond motifs is 5. The number of H-pyrrole nitrogens is 2. The molecule has 1 aliphatic rings. The summed E-state index contributed by atoms with van der Waals surface area (Å²) in [6, 6.07) is 23.6. The Labute approximate surface area is 279 Å². The summed E-state index contributed by atoms with van der Waals surface area (Å²) in [6.07, 6.45) is -0.242. The van der Waals surface area contributed by atoms with E-state index < -0.39 is 6.09 Å². The van der Waals surface area contributed by atoms with Crippen LogP contribution in [0.15, 0.2) is 78.9 Å². The normalized spacial score (nSPS) is 13.9. The van der Waals surface area contributed by atoms with Crippen molar-refractivity contribution in [3.05, 3.63) is 95.8 Å². The molecule has 0 bridgehead atoms. The minimum atomic E-state index is -0.612. The maximum atomic E-state index is 14.0. The number of amides is 4. The fraction of sp³-hybridized carbons (Fsp3) is 0.167. The summed E-state index contributed by atoms with van der Waals surface area (Å²) >= 11 is 6.43. The van der Waals surface area contributed by atoms with Crippen LogP contribution in [0.5, 0.6) is 5.75 Å². The van der Waals surface area contributed by atoms with Crippen LogP contribution >= 0.6 is 11.6 Å². The van der Waals surface area contributed by atoms with Crippen LogP contribution in [0.4, 0.5) is 21.9 Å². The molecule has 0 aliphatic carbocycles. The first-order valence-electron chi connectivity index (χ1n) is 15.5. The highest BCUT2D eigenvalue weighted by Gasteiger charge is 2.36. The van der Waals surface area contributed by atoms with Crippen molar-refractivity contribution in [2.75, 3.05) is 35.0 Å². The third kappa shape index (κ3) is 5.58. The van der Waals surface area contributed by atoms with Crippen molar-refractivity contribution in [2.45, 2.75) is 19.3 Å². The van der Waals surface area contributed by atoms with Gasteiger partial charge < -0.3 is 35.6 Å². The molecule has 48 heavy (non-hydrogen) atoms. The van der Waals surface area contributed by atoms with Crippen LogP contribution in [0, 0.1) is 0 Å². The van der Waals surface area contributed by atoms with E-state index in [1.54, 1.807) is 54.3 Å². The van der Waals surface area contributed by atoms with Crippen LogP contribution < -0.4 is 25.6 Å². The van der Waals surface area contributed by atoms with Crippen molar-refractivity contribution in [1.29, 1.82) is 0 Å². The van der Waals surface area contributed by atoms with Gasteiger partial charge in [0.1, 0.15) is 17.1 Å². The van der Waals surface area contributed by atoms with Gasteiger partial charge in [0, 0.05) is 76.4 Å². The lowest BCUT2D eigenvalue weighted by molar-refractivity contribution is -0.115. The number of alkyl halides is 1. The number of aromatic nitrogens is 2. The number of nitrogens with zero attached hydrogens (tertiary/aromatic N) is 1. The summed E-state index contributed by atoms with van der Waals surface area (Å²) in [5.74, 6) is -0.167. The first kappa shape index (κ1) is 30.8. The third-order valence-corrected chi connectivity index (χ3v) is 8.92. The van der Waals surface area contributed by atoms with Crippen LogP contribution in [-0.4, -0.2) is 53.3 Å². The van der Waals surface area contributed by atoms with E-state index >= 15 is 0 Å². The maximum absolute atomic E-state index is 14.0. The van der Waals surface area contributed by atoms with Gasteiger partial charge in [-0.25, -0.2) is 4.79 Å². The lowest BCUT2D eigenvalue weighted by Crippen LogP contribution is -2.30. The number of halogens is 1. The molecular formula is C36H31ClN6O5. The molecule has 6 aromatic rings. The number of hydrogen-bond donors (Lipinski definition) is 5. The van der Waals surface area contributed by atoms with Crippen molar-refractivity contribution in [3.63, 3.8) is 0 Å². The average Bonchev–Trinajstić information content (AvgIpc) is 3.82. The highest BCUT2D eigenvalue weighted by atomic mass is 35.5. The predicted octanol–water partition coefficient (Wildman–Crippen LogP) is 7.10. The van der Waals surface area contributed by atoms with E-state index in [-0.39, 0.29) is 23.6 Å². The number of carbonyl (C=O) groups is 4. The van der Waals surface area contributed by atoms with Crippen molar-refractivity contribution in [2.24, 2.45) is 0 Å². The van der Waals surface area contributed by atoms with E-state index in [2.05, 4.69) is 25.9 Å². The Kier molecular flexibility index (Phi) is 7.98. The predicted molar refractivity (Wildman–Crippen MR) is 188 cm³/mol. The van der Waals surface area contributed by atoms with Crippen LogP contribution in [0.2, 0.25) is 0 Å². The van der Waals surface area contributed by atoms with Crippen molar-refractivity contribution in [1.82, 2.24) is 15.3 Å². The zero-order valence-electron chi connectivity index (χ0n) is 26.1. The summed E-state index contributed by atoms with van der Waals surface area (Å²) in [6.45, 7) is 2.14. The summed E-state index contributed by atoms with van der Waals surface area (Å²) < 4.78 is 5.59. The summed E-state index contributed by atoms with van der Waals surface area (Å²) in [5, 5.41) is 11.4. The van der Waals surface area contributed by atoms with E-state index in [4.69, 9.17) is 16.3 Å². The molecule has 0 radical (unpaired) electrons. The molecule has 0 saturated heterocycles. The Bertz CT molecular complexity index is 2270. The number of rotatable bonds is 7. The van der Waals surface area contributed by atoms with Gasteiger partial charge in [-0.3, -0.25) is 14.4 Å².